The Hall–Kier alpha value is -1.75. The maximum atomic E-state index is 11.9. The second kappa shape index (κ2) is 7.14. The number of nitrogens with one attached hydrogen (secondary N) is 2. The van der Waals surface area contributed by atoms with Gasteiger partial charge in [-0.2, -0.15) is 0 Å². The van der Waals surface area contributed by atoms with Crippen LogP contribution in [0.25, 0.3) is 0 Å². The van der Waals surface area contributed by atoms with Gasteiger partial charge in [0.2, 0.25) is 0 Å². The van der Waals surface area contributed by atoms with Crippen LogP contribution in [-0.4, -0.2) is 43.7 Å². The molecule has 0 spiro atoms. The molecule has 1 aromatic rings. The van der Waals surface area contributed by atoms with Crippen molar-refractivity contribution in [1.82, 2.24) is 10.2 Å². The first-order valence-corrected chi connectivity index (χ1v) is 7.16. The van der Waals surface area contributed by atoms with Crippen molar-refractivity contribution in [1.29, 1.82) is 0 Å². The number of urea groups is 1. The molecule has 1 aliphatic heterocycles. The Kier molecular flexibility index (Phi) is 5.24. The molecule has 1 heterocycles. The largest absolute Gasteiger partial charge is 0.497 e. The highest BCUT2D eigenvalue weighted by atomic mass is 16.5. The molecule has 0 unspecified atom stereocenters. The molecule has 1 aliphatic rings. The Bertz CT molecular complexity index is 450. The zero-order chi connectivity index (χ0) is 14.4. The number of methoxy groups -OCH3 is 1. The van der Waals surface area contributed by atoms with Crippen LogP contribution in [0, 0.1) is 0 Å². The van der Waals surface area contributed by atoms with E-state index in [1.54, 1.807) is 13.2 Å². The van der Waals surface area contributed by atoms with Gasteiger partial charge in [-0.15, -0.1) is 0 Å². The molecule has 5 nitrogen and oxygen atoms in total. The summed E-state index contributed by atoms with van der Waals surface area (Å²) in [7, 11) is 1.61. The third-order valence-corrected chi connectivity index (χ3v) is 3.73. The van der Waals surface area contributed by atoms with E-state index < -0.39 is 0 Å². The van der Waals surface area contributed by atoms with Gasteiger partial charge < -0.3 is 15.4 Å². The molecule has 1 fully saturated rings. The molecular formula is C15H23N3O2. The van der Waals surface area contributed by atoms with E-state index >= 15 is 0 Å². The predicted molar refractivity (Wildman–Crippen MR) is 80.3 cm³/mol. The van der Waals surface area contributed by atoms with Crippen LogP contribution in [0.4, 0.5) is 10.5 Å². The Morgan fingerprint density at radius 1 is 1.50 bits per heavy atom. The molecule has 1 saturated heterocycles. The van der Waals surface area contributed by atoms with Crippen molar-refractivity contribution < 1.29 is 9.53 Å². The molecular weight excluding hydrogens is 254 g/mol. The van der Waals surface area contributed by atoms with E-state index in [9.17, 15) is 4.79 Å². The number of carbonyl (C=O) groups excluding carboxylic acids is 1. The smallest absolute Gasteiger partial charge is 0.319 e. The van der Waals surface area contributed by atoms with Gasteiger partial charge in [-0.25, -0.2) is 4.79 Å². The standard InChI is InChI=1S/C15H23N3O2/c1-3-18-9-5-7-13(18)11-16-15(19)17-12-6-4-8-14(10-12)20-2/h4,6,8,10,13H,3,5,7,9,11H2,1-2H3,(H2,16,17,19)/t13-/m0/s1. The maximum Gasteiger partial charge on any atom is 0.319 e. The summed E-state index contributed by atoms with van der Waals surface area (Å²) in [5, 5.41) is 5.77. The van der Waals surface area contributed by atoms with Crippen LogP contribution < -0.4 is 15.4 Å². The van der Waals surface area contributed by atoms with Crippen molar-refractivity contribution >= 4 is 11.7 Å². The van der Waals surface area contributed by atoms with Crippen LogP contribution in [0.1, 0.15) is 19.8 Å². The third-order valence-electron chi connectivity index (χ3n) is 3.73. The first-order valence-electron chi connectivity index (χ1n) is 7.16. The summed E-state index contributed by atoms with van der Waals surface area (Å²) < 4.78 is 5.13. The Morgan fingerprint density at radius 3 is 3.10 bits per heavy atom. The number of amides is 2. The van der Waals surface area contributed by atoms with E-state index in [1.807, 2.05) is 18.2 Å². The maximum absolute atomic E-state index is 11.9. The van der Waals surface area contributed by atoms with E-state index in [0.29, 0.717) is 12.6 Å². The van der Waals surface area contributed by atoms with E-state index in [1.165, 1.54) is 6.42 Å². The summed E-state index contributed by atoms with van der Waals surface area (Å²) in [4.78, 5) is 14.3. The lowest BCUT2D eigenvalue weighted by Crippen LogP contribution is -2.41. The predicted octanol–water partition coefficient (Wildman–Crippen LogP) is 2.30. The average molecular weight is 277 g/mol. The summed E-state index contributed by atoms with van der Waals surface area (Å²) in [5.41, 5.74) is 0.737. The molecule has 0 aliphatic carbocycles. The minimum Gasteiger partial charge on any atom is -0.497 e. The van der Waals surface area contributed by atoms with E-state index in [4.69, 9.17) is 4.74 Å². The second-order valence-corrected chi connectivity index (χ2v) is 4.99. The fourth-order valence-corrected chi connectivity index (χ4v) is 2.63. The second-order valence-electron chi connectivity index (χ2n) is 4.99. The zero-order valence-corrected chi connectivity index (χ0v) is 12.2. The highest BCUT2D eigenvalue weighted by Gasteiger charge is 2.22. The molecule has 2 N–H and O–H groups in total. The third kappa shape index (κ3) is 3.87. The number of benzene rings is 1. The molecule has 5 heteroatoms. The van der Waals surface area contributed by atoms with Crippen LogP contribution in [0.2, 0.25) is 0 Å². The van der Waals surface area contributed by atoms with E-state index in [-0.39, 0.29) is 6.03 Å². The number of ether oxygens (including phenoxy) is 1. The van der Waals surface area contributed by atoms with Crippen molar-refractivity contribution in [3.05, 3.63) is 24.3 Å². The minimum atomic E-state index is -0.166. The van der Waals surface area contributed by atoms with Crippen LogP contribution in [0.15, 0.2) is 24.3 Å². The molecule has 1 aromatic carbocycles. The molecule has 0 bridgehead atoms. The summed E-state index contributed by atoms with van der Waals surface area (Å²) in [6.07, 6.45) is 2.38. The fourth-order valence-electron chi connectivity index (χ4n) is 2.63. The number of likely N-dealkylation sites (tertiary alicyclic amines) is 1. The Morgan fingerprint density at radius 2 is 2.35 bits per heavy atom. The van der Waals surface area contributed by atoms with Gasteiger partial charge in [-0.3, -0.25) is 4.90 Å². The zero-order valence-electron chi connectivity index (χ0n) is 12.2. The number of rotatable bonds is 5. The van der Waals surface area contributed by atoms with Crippen LogP contribution >= 0.6 is 0 Å². The number of hydrogen-bond acceptors (Lipinski definition) is 3. The molecule has 2 amide bonds. The molecule has 0 aromatic heterocycles. The van der Waals surface area contributed by atoms with E-state index in [0.717, 1.165) is 30.9 Å². The van der Waals surface area contributed by atoms with Gasteiger partial charge in [0.15, 0.2) is 0 Å². The highest BCUT2D eigenvalue weighted by molar-refractivity contribution is 5.89. The molecule has 110 valence electrons. The Balaban J connectivity index is 1.80. The lowest BCUT2D eigenvalue weighted by Gasteiger charge is -2.22. The minimum absolute atomic E-state index is 0.166. The molecule has 0 saturated carbocycles. The van der Waals surface area contributed by atoms with Crippen molar-refractivity contribution in [3.63, 3.8) is 0 Å². The quantitative estimate of drug-likeness (QED) is 0.868. The van der Waals surface area contributed by atoms with Gasteiger partial charge in [-0.05, 0) is 38.1 Å². The first-order chi connectivity index (χ1) is 9.72. The van der Waals surface area contributed by atoms with Gasteiger partial charge in [0.05, 0.1) is 7.11 Å². The monoisotopic (exact) mass is 277 g/mol. The number of likely N-dealkylation sites (N-methyl/N-ethyl adjacent to an activating group) is 1. The van der Waals surface area contributed by atoms with Crippen LogP contribution in [0.5, 0.6) is 5.75 Å². The first kappa shape index (κ1) is 14.7. The van der Waals surface area contributed by atoms with Crippen molar-refractivity contribution in [3.8, 4) is 5.75 Å². The topological polar surface area (TPSA) is 53.6 Å². The van der Waals surface area contributed by atoms with Crippen molar-refractivity contribution in [2.24, 2.45) is 0 Å². The van der Waals surface area contributed by atoms with Gasteiger partial charge in [0.1, 0.15) is 5.75 Å². The average Bonchev–Trinajstić information content (AvgIpc) is 2.93. The molecule has 2 rings (SSSR count). The van der Waals surface area contributed by atoms with Crippen molar-refractivity contribution in [2.75, 3.05) is 32.1 Å². The van der Waals surface area contributed by atoms with Gasteiger partial charge in [0, 0.05) is 24.3 Å². The number of carbonyl (C=O) groups is 1. The highest BCUT2D eigenvalue weighted by Crippen LogP contribution is 2.17. The van der Waals surface area contributed by atoms with E-state index in [2.05, 4.69) is 22.5 Å². The summed E-state index contributed by atoms with van der Waals surface area (Å²) in [6, 6.07) is 7.64. The molecule has 1 atom stereocenters. The van der Waals surface area contributed by atoms with Crippen LogP contribution in [0.3, 0.4) is 0 Å². The Labute approximate surface area is 120 Å². The van der Waals surface area contributed by atoms with Gasteiger partial charge >= 0.3 is 6.03 Å². The summed E-state index contributed by atoms with van der Waals surface area (Å²) in [5.74, 6) is 0.732. The summed E-state index contributed by atoms with van der Waals surface area (Å²) in [6.45, 7) is 5.04. The fraction of sp³-hybridized carbons (Fsp3) is 0.533. The molecule has 0 radical (unpaired) electrons. The lowest BCUT2D eigenvalue weighted by atomic mass is 10.2. The number of nitrogens with zero attached hydrogens (tertiary/aromatic N) is 1. The normalized spacial score (nSPS) is 18.8. The SMILES string of the molecule is CCN1CCC[C@H]1CNC(=O)Nc1cccc(OC)c1. The van der Waals surface area contributed by atoms with Crippen molar-refractivity contribution in [2.45, 2.75) is 25.8 Å². The number of anilines is 1. The molecule has 20 heavy (non-hydrogen) atoms. The number of hydrogen-bond donors (Lipinski definition) is 2. The lowest BCUT2D eigenvalue weighted by molar-refractivity contribution is 0.238. The summed E-state index contributed by atoms with van der Waals surface area (Å²) >= 11 is 0. The van der Waals surface area contributed by atoms with Crippen LogP contribution in [-0.2, 0) is 0 Å². The van der Waals surface area contributed by atoms with Gasteiger partial charge in [0.25, 0.3) is 0 Å². The van der Waals surface area contributed by atoms with Gasteiger partial charge in [-0.1, -0.05) is 13.0 Å².